The minimum absolute atomic E-state index is 0.0323. The van der Waals surface area contributed by atoms with E-state index in [9.17, 15) is 4.79 Å². The predicted molar refractivity (Wildman–Crippen MR) is 82.1 cm³/mol. The number of carbonyl (C=O) groups is 1. The first kappa shape index (κ1) is 13.8. The summed E-state index contributed by atoms with van der Waals surface area (Å²) in [5, 5.41) is 3.00. The maximum absolute atomic E-state index is 12.2. The first-order valence-electron chi connectivity index (χ1n) is 7.37. The summed E-state index contributed by atoms with van der Waals surface area (Å²) in [6, 6.07) is 7.88. The fourth-order valence-electron chi connectivity index (χ4n) is 2.96. The summed E-state index contributed by atoms with van der Waals surface area (Å²) in [7, 11) is 0. The zero-order valence-corrected chi connectivity index (χ0v) is 11.9. The molecular weight excluding hydrogens is 264 g/mol. The maximum atomic E-state index is 12.2. The monoisotopic (exact) mass is 284 g/mol. The average molecular weight is 284 g/mol. The highest BCUT2D eigenvalue weighted by Gasteiger charge is 2.26. The number of aromatic nitrogens is 2. The minimum Gasteiger partial charge on any atom is -0.327 e. The van der Waals surface area contributed by atoms with Crippen LogP contribution in [0.3, 0.4) is 0 Å². The van der Waals surface area contributed by atoms with Crippen LogP contribution in [0.25, 0.3) is 5.69 Å². The van der Waals surface area contributed by atoms with Crippen molar-refractivity contribution in [3.63, 3.8) is 0 Å². The van der Waals surface area contributed by atoms with E-state index in [4.69, 9.17) is 5.73 Å². The van der Waals surface area contributed by atoms with Crippen molar-refractivity contribution < 1.29 is 4.79 Å². The molecule has 1 aromatic carbocycles. The number of nitrogens with one attached hydrogen (secondary N) is 1. The van der Waals surface area contributed by atoms with Crippen molar-refractivity contribution in [3.05, 3.63) is 43.0 Å². The first-order chi connectivity index (χ1) is 10.2. The Balaban J connectivity index is 1.71. The van der Waals surface area contributed by atoms with E-state index < -0.39 is 0 Å². The number of benzene rings is 1. The van der Waals surface area contributed by atoms with Gasteiger partial charge in [-0.2, -0.15) is 0 Å². The highest BCUT2D eigenvalue weighted by atomic mass is 16.1. The van der Waals surface area contributed by atoms with E-state index in [1.807, 2.05) is 35.0 Å². The first-order valence-corrected chi connectivity index (χ1v) is 7.37. The number of nitrogens with two attached hydrogens (primary N) is 1. The number of anilines is 1. The molecule has 5 nitrogen and oxygen atoms in total. The van der Waals surface area contributed by atoms with Gasteiger partial charge in [0.25, 0.3) is 0 Å². The second kappa shape index (κ2) is 6.10. The number of rotatable bonds is 4. The van der Waals surface area contributed by atoms with Gasteiger partial charge in [0.05, 0.1) is 17.7 Å². The molecule has 1 amide bonds. The van der Waals surface area contributed by atoms with Crippen molar-refractivity contribution in [2.45, 2.75) is 31.7 Å². The van der Waals surface area contributed by atoms with Crippen LogP contribution in [0.4, 0.5) is 5.69 Å². The van der Waals surface area contributed by atoms with Crippen molar-refractivity contribution in [2.75, 3.05) is 5.32 Å². The standard InChI is InChI=1S/C16H20N4O/c17-13-5-3-4-12(13)10-16(21)19-14-6-1-2-7-15(14)20-9-8-18-11-20/h1-2,6-9,11-13H,3-5,10,17H2,(H,19,21)/t12-,13+/m0/s1. The molecule has 0 aliphatic heterocycles. The lowest BCUT2D eigenvalue weighted by molar-refractivity contribution is -0.117. The summed E-state index contributed by atoms with van der Waals surface area (Å²) in [4.78, 5) is 16.3. The van der Waals surface area contributed by atoms with Crippen molar-refractivity contribution in [1.29, 1.82) is 0 Å². The molecule has 0 bridgehead atoms. The summed E-state index contributed by atoms with van der Waals surface area (Å²) in [6.07, 6.45) is 9.01. The molecule has 5 heteroatoms. The van der Waals surface area contributed by atoms with Gasteiger partial charge in [-0.25, -0.2) is 4.98 Å². The third-order valence-corrected chi connectivity index (χ3v) is 4.13. The number of para-hydroxylation sites is 2. The fourth-order valence-corrected chi connectivity index (χ4v) is 2.96. The largest absolute Gasteiger partial charge is 0.327 e. The van der Waals surface area contributed by atoms with Gasteiger partial charge in [-0.3, -0.25) is 4.79 Å². The van der Waals surface area contributed by atoms with Gasteiger partial charge >= 0.3 is 0 Å². The molecule has 1 saturated carbocycles. The maximum Gasteiger partial charge on any atom is 0.224 e. The van der Waals surface area contributed by atoms with Crippen LogP contribution in [-0.4, -0.2) is 21.5 Å². The molecule has 1 aliphatic carbocycles. The van der Waals surface area contributed by atoms with Crippen LogP contribution in [0.1, 0.15) is 25.7 Å². The second-order valence-corrected chi connectivity index (χ2v) is 5.59. The van der Waals surface area contributed by atoms with Crippen LogP contribution in [0.2, 0.25) is 0 Å². The van der Waals surface area contributed by atoms with Crippen LogP contribution in [0, 0.1) is 5.92 Å². The predicted octanol–water partition coefficient (Wildman–Crippen LogP) is 2.33. The van der Waals surface area contributed by atoms with E-state index in [0.717, 1.165) is 30.6 Å². The molecule has 1 aromatic heterocycles. The van der Waals surface area contributed by atoms with E-state index in [-0.39, 0.29) is 11.9 Å². The molecular formula is C16H20N4O. The molecule has 1 aliphatic rings. The number of nitrogens with zero attached hydrogens (tertiary/aromatic N) is 2. The number of imidazole rings is 1. The topological polar surface area (TPSA) is 72.9 Å². The molecule has 0 spiro atoms. The summed E-state index contributed by atoms with van der Waals surface area (Å²) < 4.78 is 1.89. The molecule has 0 saturated heterocycles. The van der Waals surface area contributed by atoms with Crippen molar-refractivity contribution in [3.8, 4) is 5.69 Å². The second-order valence-electron chi connectivity index (χ2n) is 5.59. The molecule has 1 fully saturated rings. The SMILES string of the molecule is N[C@@H]1CCC[C@H]1CC(=O)Nc1ccccc1-n1ccnc1. The molecule has 3 rings (SSSR count). The smallest absolute Gasteiger partial charge is 0.224 e. The van der Waals surface area contributed by atoms with Crippen LogP contribution in [0.5, 0.6) is 0 Å². The van der Waals surface area contributed by atoms with Gasteiger partial charge in [-0.05, 0) is 30.9 Å². The van der Waals surface area contributed by atoms with Crippen LogP contribution < -0.4 is 11.1 Å². The van der Waals surface area contributed by atoms with Crippen LogP contribution >= 0.6 is 0 Å². The van der Waals surface area contributed by atoms with Crippen molar-refractivity contribution in [1.82, 2.24) is 9.55 Å². The molecule has 2 atom stereocenters. The van der Waals surface area contributed by atoms with E-state index in [1.165, 1.54) is 0 Å². The van der Waals surface area contributed by atoms with E-state index in [1.54, 1.807) is 12.5 Å². The zero-order chi connectivity index (χ0) is 14.7. The molecule has 0 unspecified atom stereocenters. The molecule has 1 heterocycles. The molecule has 0 radical (unpaired) electrons. The van der Waals surface area contributed by atoms with Gasteiger partial charge in [0, 0.05) is 24.9 Å². The molecule has 2 aromatic rings. The highest BCUT2D eigenvalue weighted by Crippen LogP contribution is 2.27. The Morgan fingerprint density at radius 1 is 1.38 bits per heavy atom. The third-order valence-electron chi connectivity index (χ3n) is 4.13. The van der Waals surface area contributed by atoms with E-state index in [2.05, 4.69) is 10.3 Å². The van der Waals surface area contributed by atoms with Crippen molar-refractivity contribution >= 4 is 11.6 Å². The van der Waals surface area contributed by atoms with Gasteiger partial charge in [0.1, 0.15) is 0 Å². The van der Waals surface area contributed by atoms with Crippen molar-refractivity contribution in [2.24, 2.45) is 11.7 Å². The Morgan fingerprint density at radius 2 is 2.24 bits per heavy atom. The van der Waals surface area contributed by atoms with E-state index >= 15 is 0 Å². The van der Waals surface area contributed by atoms with Gasteiger partial charge in [-0.1, -0.05) is 18.6 Å². The third kappa shape index (κ3) is 3.13. The number of hydrogen-bond donors (Lipinski definition) is 2. The average Bonchev–Trinajstić information content (AvgIpc) is 3.12. The van der Waals surface area contributed by atoms with Crippen LogP contribution in [-0.2, 0) is 4.79 Å². The molecule has 21 heavy (non-hydrogen) atoms. The lowest BCUT2D eigenvalue weighted by atomic mass is 10.00. The Morgan fingerprint density at radius 3 is 2.95 bits per heavy atom. The van der Waals surface area contributed by atoms with Gasteiger partial charge in [0.2, 0.25) is 5.91 Å². The quantitative estimate of drug-likeness (QED) is 0.905. The fraction of sp³-hybridized carbons (Fsp3) is 0.375. The van der Waals surface area contributed by atoms with Crippen LogP contribution in [0.15, 0.2) is 43.0 Å². The Hall–Kier alpha value is -2.14. The van der Waals surface area contributed by atoms with Gasteiger partial charge in [0.15, 0.2) is 0 Å². The summed E-state index contributed by atoms with van der Waals surface area (Å²) in [6.45, 7) is 0. The zero-order valence-electron chi connectivity index (χ0n) is 11.9. The summed E-state index contributed by atoms with van der Waals surface area (Å²) >= 11 is 0. The molecule has 3 N–H and O–H groups in total. The Labute approximate surface area is 124 Å². The highest BCUT2D eigenvalue weighted by molar-refractivity contribution is 5.93. The van der Waals surface area contributed by atoms with Gasteiger partial charge in [-0.15, -0.1) is 0 Å². The van der Waals surface area contributed by atoms with E-state index in [0.29, 0.717) is 12.3 Å². The Kier molecular flexibility index (Phi) is 4.01. The lowest BCUT2D eigenvalue weighted by Crippen LogP contribution is -2.28. The minimum atomic E-state index is 0.0323. The lowest BCUT2D eigenvalue weighted by Gasteiger charge is -2.16. The number of amides is 1. The Bertz CT molecular complexity index is 608. The normalized spacial score (nSPS) is 21.4. The number of hydrogen-bond acceptors (Lipinski definition) is 3. The summed E-state index contributed by atoms with van der Waals surface area (Å²) in [5.74, 6) is 0.343. The molecule has 110 valence electrons. The summed E-state index contributed by atoms with van der Waals surface area (Å²) in [5.41, 5.74) is 7.75. The number of carbonyl (C=O) groups excluding carboxylic acids is 1. The van der Waals surface area contributed by atoms with Gasteiger partial charge < -0.3 is 15.6 Å².